The third-order valence-corrected chi connectivity index (χ3v) is 3.09. The lowest BCUT2D eigenvalue weighted by atomic mass is 10.1. The molecule has 20 heavy (non-hydrogen) atoms. The fourth-order valence-corrected chi connectivity index (χ4v) is 2.03. The van der Waals surface area contributed by atoms with Gasteiger partial charge in [0.25, 0.3) is 0 Å². The summed E-state index contributed by atoms with van der Waals surface area (Å²) in [4.78, 5) is 13.0. The van der Waals surface area contributed by atoms with Crippen molar-refractivity contribution in [3.05, 3.63) is 59.4 Å². The molecule has 0 fully saturated rings. The molecule has 0 bridgehead atoms. The molecule has 2 aromatic carbocycles. The zero-order chi connectivity index (χ0) is 14.7. The van der Waals surface area contributed by atoms with Gasteiger partial charge in [-0.1, -0.05) is 12.1 Å². The number of nitrogens with two attached hydrogens (primary N) is 2. The monoisotopic (exact) mass is 273 g/mol. The number of nitrogens with zero attached hydrogens (tertiary/aromatic N) is 1. The van der Waals surface area contributed by atoms with Gasteiger partial charge in [-0.25, -0.2) is 4.39 Å². The van der Waals surface area contributed by atoms with E-state index in [0.29, 0.717) is 17.8 Å². The van der Waals surface area contributed by atoms with E-state index in [-0.39, 0.29) is 11.4 Å². The Hall–Kier alpha value is -2.56. The molecule has 1 amide bonds. The van der Waals surface area contributed by atoms with Crippen LogP contribution in [0.4, 0.5) is 15.8 Å². The van der Waals surface area contributed by atoms with Crippen LogP contribution in [0.5, 0.6) is 0 Å². The number of hydrogen-bond donors (Lipinski definition) is 2. The van der Waals surface area contributed by atoms with E-state index in [0.717, 1.165) is 5.69 Å². The minimum atomic E-state index is -0.576. The molecule has 0 atom stereocenters. The summed E-state index contributed by atoms with van der Waals surface area (Å²) < 4.78 is 13.8. The predicted molar refractivity (Wildman–Crippen MR) is 77.9 cm³/mol. The minimum Gasteiger partial charge on any atom is -0.397 e. The van der Waals surface area contributed by atoms with Crippen molar-refractivity contribution in [1.29, 1.82) is 0 Å². The zero-order valence-corrected chi connectivity index (χ0v) is 11.1. The van der Waals surface area contributed by atoms with Crippen LogP contribution in [0.15, 0.2) is 42.5 Å². The molecule has 0 unspecified atom stereocenters. The first-order chi connectivity index (χ1) is 9.49. The maximum absolute atomic E-state index is 13.8. The van der Waals surface area contributed by atoms with Crippen LogP contribution < -0.4 is 16.4 Å². The van der Waals surface area contributed by atoms with Crippen molar-refractivity contribution in [2.45, 2.75) is 6.54 Å². The van der Waals surface area contributed by atoms with Crippen molar-refractivity contribution in [2.24, 2.45) is 5.73 Å². The third kappa shape index (κ3) is 2.88. The highest BCUT2D eigenvalue weighted by Gasteiger charge is 2.11. The largest absolute Gasteiger partial charge is 0.397 e. The second-order valence-corrected chi connectivity index (χ2v) is 4.59. The van der Waals surface area contributed by atoms with Gasteiger partial charge in [-0.2, -0.15) is 0 Å². The first-order valence-corrected chi connectivity index (χ1v) is 6.13. The Labute approximate surface area is 116 Å². The van der Waals surface area contributed by atoms with Crippen molar-refractivity contribution in [2.75, 3.05) is 17.7 Å². The molecule has 104 valence electrons. The van der Waals surface area contributed by atoms with Crippen molar-refractivity contribution in [3.63, 3.8) is 0 Å². The number of para-hydroxylation sites is 2. The number of hydrogen-bond acceptors (Lipinski definition) is 3. The quantitative estimate of drug-likeness (QED) is 0.838. The molecular weight excluding hydrogens is 257 g/mol. The molecule has 2 aromatic rings. The molecule has 5 heteroatoms. The topological polar surface area (TPSA) is 72.3 Å². The molecule has 0 radical (unpaired) electrons. The van der Waals surface area contributed by atoms with Crippen LogP contribution >= 0.6 is 0 Å². The van der Waals surface area contributed by atoms with E-state index in [1.807, 2.05) is 30.1 Å². The summed E-state index contributed by atoms with van der Waals surface area (Å²) in [6.45, 7) is 0.293. The minimum absolute atomic E-state index is 0.288. The second-order valence-electron chi connectivity index (χ2n) is 4.59. The number of benzene rings is 2. The van der Waals surface area contributed by atoms with Crippen LogP contribution in [-0.2, 0) is 6.54 Å². The lowest BCUT2D eigenvalue weighted by Gasteiger charge is -2.21. The van der Waals surface area contributed by atoms with Gasteiger partial charge in [-0.15, -0.1) is 0 Å². The number of rotatable bonds is 4. The van der Waals surface area contributed by atoms with Crippen LogP contribution in [0.1, 0.15) is 15.9 Å². The van der Waals surface area contributed by atoms with Crippen LogP contribution in [0, 0.1) is 5.82 Å². The molecule has 0 aliphatic rings. The summed E-state index contributed by atoms with van der Waals surface area (Å²) in [6, 6.07) is 11.4. The van der Waals surface area contributed by atoms with E-state index < -0.39 is 5.91 Å². The van der Waals surface area contributed by atoms with Crippen LogP contribution in [0.25, 0.3) is 0 Å². The van der Waals surface area contributed by atoms with E-state index >= 15 is 0 Å². The van der Waals surface area contributed by atoms with Gasteiger partial charge in [-0.3, -0.25) is 4.79 Å². The number of carbonyl (C=O) groups excluding carboxylic acids is 1. The van der Waals surface area contributed by atoms with E-state index in [1.54, 1.807) is 6.07 Å². The number of primary amides is 1. The number of carbonyl (C=O) groups is 1. The molecule has 0 aliphatic heterocycles. The number of halogens is 1. The normalized spacial score (nSPS) is 10.3. The number of anilines is 2. The molecule has 4 nitrogen and oxygen atoms in total. The van der Waals surface area contributed by atoms with Crippen molar-refractivity contribution >= 4 is 17.3 Å². The maximum Gasteiger partial charge on any atom is 0.248 e. The fraction of sp³-hybridized carbons (Fsp3) is 0.133. The smallest absolute Gasteiger partial charge is 0.248 e. The fourth-order valence-electron chi connectivity index (χ4n) is 2.03. The van der Waals surface area contributed by atoms with Gasteiger partial charge in [0.15, 0.2) is 0 Å². The standard InChI is InChI=1S/C15H16FN3O/c1-19(14-5-3-2-4-13(14)17)9-11-8-10(15(18)20)6-7-12(11)16/h2-8H,9,17H2,1H3,(H2,18,20). The molecule has 0 spiro atoms. The van der Waals surface area contributed by atoms with Gasteiger partial charge in [-0.05, 0) is 30.3 Å². The Morgan fingerprint density at radius 1 is 1.25 bits per heavy atom. The van der Waals surface area contributed by atoms with Crippen LogP contribution in [0.3, 0.4) is 0 Å². The highest BCUT2D eigenvalue weighted by molar-refractivity contribution is 5.92. The number of nitrogen functional groups attached to an aromatic ring is 1. The van der Waals surface area contributed by atoms with Gasteiger partial charge < -0.3 is 16.4 Å². The lowest BCUT2D eigenvalue weighted by Crippen LogP contribution is -2.19. The van der Waals surface area contributed by atoms with Gasteiger partial charge in [0.2, 0.25) is 5.91 Å². The van der Waals surface area contributed by atoms with Crippen molar-refractivity contribution < 1.29 is 9.18 Å². The van der Waals surface area contributed by atoms with Gasteiger partial charge in [0.05, 0.1) is 11.4 Å². The van der Waals surface area contributed by atoms with Gasteiger partial charge in [0, 0.05) is 24.7 Å². The molecule has 4 N–H and O–H groups in total. The predicted octanol–water partition coefficient (Wildman–Crippen LogP) is 2.14. The Morgan fingerprint density at radius 2 is 1.95 bits per heavy atom. The highest BCUT2D eigenvalue weighted by atomic mass is 19.1. The molecule has 0 saturated carbocycles. The van der Waals surface area contributed by atoms with E-state index in [2.05, 4.69) is 0 Å². The summed E-state index contributed by atoms with van der Waals surface area (Å²) >= 11 is 0. The number of amides is 1. The summed E-state index contributed by atoms with van der Waals surface area (Å²) in [5.74, 6) is -0.954. The SMILES string of the molecule is CN(Cc1cc(C(N)=O)ccc1F)c1ccccc1N. The third-order valence-electron chi connectivity index (χ3n) is 3.09. The maximum atomic E-state index is 13.8. The van der Waals surface area contributed by atoms with Gasteiger partial charge in [0.1, 0.15) is 5.82 Å². The molecule has 0 aromatic heterocycles. The first-order valence-electron chi connectivity index (χ1n) is 6.13. The second kappa shape index (κ2) is 5.61. The summed E-state index contributed by atoms with van der Waals surface area (Å²) in [5, 5.41) is 0. The Kier molecular flexibility index (Phi) is 3.89. The molecule has 0 saturated heterocycles. The van der Waals surface area contributed by atoms with E-state index in [9.17, 15) is 9.18 Å². The van der Waals surface area contributed by atoms with E-state index in [4.69, 9.17) is 11.5 Å². The van der Waals surface area contributed by atoms with Crippen LogP contribution in [0.2, 0.25) is 0 Å². The van der Waals surface area contributed by atoms with Crippen LogP contribution in [-0.4, -0.2) is 13.0 Å². The summed E-state index contributed by atoms with van der Waals surface area (Å²) in [6.07, 6.45) is 0. The van der Waals surface area contributed by atoms with Crippen molar-refractivity contribution in [1.82, 2.24) is 0 Å². The van der Waals surface area contributed by atoms with Gasteiger partial charge >= 0.3 is 0 Å². The Morgan fingerprint density at radius 3 is 2.60 bits per heavy atom. The van der Waals surface area contributed by atoms with E-state index in [1.165, 1.54) is 18.2 Å². The average molecular weight is 273 g/mol. The average Bonchev–Trinajstić information content (AvgIpc) is 2.41. The zero-order valence-electron chi connectivity index (χ0n) is 11.1. The molecule has 2 rings (SSSR count). The molecule has 0 heterocycles. The Balaban J connectivity index is 2.28. The first kappa shape index (κ1) is 13.9. The lowest BCUT2D eigenvalue weighted by molar-refractivity contribution is 0.1000. The summed E-state index contributed by atoms with van der Waals surface area (Å²) in [5.41, 5.74) is 13.2. The molecule has 0 aliphatic carbocycles. The molecular formula is C15H16FN3O. The summed E-state index contributed by atoms with van der Waals surface area (Å²) in [7, 11) is 1.81. The Bertz CT molecular complexity index is 643. The van der Waals surface area contributed by atoms with Crippen molar-refractivity contribution in [3.8, 4) is 0 Å². The highest BCUT2D eigenvalue weighted by Crippen LogP contribution is 2.23.